The number of hydrogen-bond acceptors (Lipinski definition) is 5. The number of guanidine groups is 1. The Balaban J connectivity index is 1.93. The summed E-state index contributed by atoms with van der Waals surface area (Å²) >= 11 is 0. The van der Waals surface area contributed by atoms with Crippen molar-refractivity contribution in [3.05, 3.63) is 23.8 Å². The van der Waals surface area contributed by atoms with E-state index in [0.29, 0.717) is 12.3 Å². The number of carbonyl (C=O) groups is 1. The molecule has 0 spiro atoms. The lowest BCUT2D eigenvalue weighted by Crippen LogP contribution is -2.46. The summed E-state index contributed by atoms with van der Waals surface area (Å²) in [7, 11) is 4.74. The van der Waals surface area contributed by atoms with Crippen LogP contribution in [0.1, 0.15) is 18.4 Å². The first-order valence-corrected chi connectivity index (χ1v) is 7.98. The van der Waals surface area contributed by atoms with E-state index in [1.54, 1.807) is 32.4 Å². The number of esters is 1. The molecule has 0 aromatic heterocycles. The second-order valence-corrected chi connectivity index (χ2v) is 5.68. The van der Waals surface area contributed by atoms with Crippen LogP contribution in [-0.4, -0.2) is 56.3 Å². The van der Waals surface area contributed by atoms with Crippen LogP contribution in [0.25, 0.3) is 0 Å². The van der Waals surface area contributed by atoms with Gasteiger partial charge in [0.15, 0.2) is 5.96 Å². The van der Waals surface area contributed by atoms with Gasteiger partial charge in [0.25, 0.3) is 0 Å². The highest BCUT2D eigenvalue weighted by atomic mass is 16.5. The minimum absolute atomic E-state index is 0.0354. The Hall–Kier alpha value is -2.44. The molecule has 0 aliphatic carbocycles. The number of phenolic OH excluding ortho intramolecular Hbond substituents is 1. The lowest BCUT2D eigenvalue weighted by molar-refractivity contribution is -0.146. The molecule has 1 fully saturated rings. The third-order valence-electron chi connectivity index (χ3n) is 4.26. The number of likely N-dealkylation sites (tertiary alicyclic amines) is 1. The second-order valence-electron chi connectivity index (χ2n) is 5.68. The molecule has 1 saturated heterocycles. The maximum atomic E-state index is 11.6. The fourth-order valence-corrected chi connectivity index (χ4v) is 2.83. The molecular weight excluding hydrogens is 310 g/mol. The summed E-state index contributed by atoms with van der Waals surface area (Å²) in [6.07, 6.45) is 1.50. The van der Waals surface area contributed by atoms with Crippen LogP contribution in [0, 0.1) is 5.92 Å². The van der Waals surface area contributed by atoms with Gasteiger partial charge in [0.2, 0.25) is 0 Å². The first-order chi connectivity index (χ1) is 11.6. The van der Waals surface area contributed by atoms with Gasteiger partial charge in [-0.05, 0) is 31.0 Å². The Labute approximate surface area is 142 Å². The van der Waals surface area contributed by atoms with E-state index in [4.69, 9.17) is 9.47 Å². The van der Waals surface area contributed by atoms with Gasteiger partial charge in [0.05, 0.1) is 20.1 Å². The van der Waals surface area contributed by atoms with Gasteiger partial charge in [-0.25, -0.2) is 0 Å². The van der Waals surface area contributed by atoms with E-state index < -0.39 is 0 Å². The van der Waals surface area contributed by atoms with Crippen molar-refractivity contribution in [1.82, 2.24) is 10.2 Å². The maximum Gasteiger partial charge on any atom is 0.308 e. The standard InChI is InChI=1S/C17H25N3O4/c1-18-17(20-8-6-12(7-9-20)16(22)24-3)19-11-13-10-14(23-2)4-5-15(13)21/h4-5,10,12,21H,6-9,11H2,1-3H3,(H,18,19). The summed E-state index contributed by atoms with van der Waals surface area (Å²) in [5, 5.41) is 13.2. The number of aromatic hydroxyl groups is 1. The van der Waals surface area contributed by atoms with Crippen LogP contribution in [0.5, 0.6) is 11.5 Å². The topological polar surface area (TPSA) is 83.4 Å². The molecule has 0 saturated carbocycles. The highest BCUT2D eigenvalue weighted by molar-refractivity contribution is 5.80. The number of methoxy groups -OCH3 is 2. The fourth-order valence-electron chi connectivity index (χ4n) is 2.83. The lowest BCUT2D eigenvalue weighted by Gasteiger charge is -2.33. The average molecular weight is 335 g/mol. The molecule has 0 bridgehead atoms. The molecule has 1 heterocycles. The van der Waals surface area contributed by atoms with Crippen LogP contribution in [-0.2, 0) is 16.1 Å². The molecule has 1 aliphatic rings. The maximum absolute atomic E-state index is 11.6. The molecule has 0 atom stereocenters. The smallest absolute Gasteiger partial charge is 0.308 e. The van der Waals surface area contributed by atoms with Gasteiger partial charge < -0.3 is 24.8 Å². The molecule has 1 aromatic rings. The van der Waals surface area contributed by atoms with Gasteiger partial charge in [0.1, 0.15) is 11.5 Å². The van der Waals surface area contributed by atoms with Crippen molar-refractivity contribution in [2.45, 2.75) is 19.4 Å². The quantitative estimate of drug-likeness (QED) is 0.491. The van der Waals surface area contributed by atoms with Crippen LogP contribution < -0.4 is 10.1 Å². The summed E-state index contributed by atoms with van der Waals surface area (Å²) in [5.74, 6) is 1.48. The van der Waals surface area contributed by atoms with Crippen molar-refractivity contribution in [2.75, 3.05) is 34.4 Å². The number of phenols is 1. The van der Waals surface area contributed by atoms with Crippen LogP contribution in [0.2, 0.25) is 0 Å². The summed E-state index contributed by atoms with van der Waals surface area (Å²) in [4.78, 5) is 18.0. The molecule has 132 valence electrons. The van der Waals surface area contributed by atoms with Gasteiger partial charge in [-0.2, -0.15) is 0 Å². The molecule has 2 rings (SSSR count). The molecule has 7 heteroatoms. The third-order valence-corrected chi connectivity index (χ3v) is 4.26. The number of carbonyl (C=O) groups excluding carboxylic acids is 1. The third kappa shape index (κ3) is 4.31. The molecule has 1 aliphatic heterocycles. The van der Waals surface area contributed by atoms with Gasteiger partial charge in [0, 0.05) is 32.2 Å². The van der Waals surface area contributed by atoms with Gasteiger partial charge in [-0.1, -0.05) is 0 Å². The zero-order chi connectivity index (χ0) is 17.5. The van der Waals surface area contributed by atoms with E-state index in [-0.39, 0.29) is 17.6 Å². The Bertz CT molecular complexity index is 595. The number of rotatable bonds is 4. The van der Waals surface area contributed by atoms with Crippen molar-refractivity contribution >= 4 is 11.9 Å². The zero-order valence-electron chi connectivity index (χ0n) is 14.4. The normalized spacial score (nSPS) is 16.0. The highest BCUT2D eigenvalue weighted by Crippen LogP contribution is 2.23. The SMILES string of the molecule is CN=C(NCc1cc(OC)ccc1O)N1CCC(C(=O)OC)CC1. The molecule has 24 heavy (non-hydrogen) atoms. The molecular formula is C17H25N3O4. The number of piperidine rings is 1. The van der Waals surface area contributed by atoms with E-state index in [1.807, 2.05) is 0 Å². The number of ether oxygens (including phenoxy) is 2. The predicted octanol–water partition coefficient (Wildman–Crippen LogP) is 1.36. The van der Waals surface area contributed by atoms with Crippen LogP contribution in [0.15, 0.2) is 23.2 Å². The van der Waals surface area contributed by atoms with Gasteiger partial charge in [-0.3, -0.25) is 9.79 Å². The Morgan fingerprint density at radius 1 is 1.38 bits per heavy atom. The molecule has 0 radical (unpaired) electrons. The van der Waals surface area contributed by atoms with Gasteiger partial charge in [-0.15, -0.1) is 0 Å². The van der Waals surface area contributed by atoms with Crippen molar-refractivity contribution in [3.63, 3.8) is 0 Å². The highest BCUT2D eigenvalue weighted by Gasteiger charge is 2.26. The fraction of sp³-hybridized carbons (Fsp3) is 0.529. The minimum atomic E-state index is -0.140. The number of hydrogen-bond donors (Lipinski definition) is 2. The minimum Gasteiger partial charge on any atom is -0.508 e. The zero-order valence-corrected chi connectivity index (χ0v) is 14.4. The first-order valence-electron chi connectivity index (χ1n) is 7.98. The largest absolute Gasteiger partial charge is 0.508 e. The lowest BCUT2D eigenvalue weighted by atomic mass is 9.97. The molecule has 1 aromatic carbocycles. The Morgan fingerprint density at radius 2 is 2.08 bits per heavy atom. The van der Waals surface area contributed by atoms with E-state index in [2.05, 4.69) is 15.2 Å². The number of nitrogens with zero attached hydrogens (tertiary/aromatic N) is 2. The Kier molecular flexibility index (Phi) is 6.28. The number of aliphatic imine (C=N–C) groups is 1. The van der Waals surface area contributed by atoms with Crippen LogP contribution >= 0.6 is 0 Å². The second kappa shape index (κ2) is 8.42. The predicted molar refractivity (Wildman–Crippen MR) is 91.2 cm³/mol. The monoisotopic (exact) mass is 335 g/mol. The molecule has 0 unspecified atom stereocenters. The molecule has 2 N–H and O–H groups in total. The van der Waals surface area contributed by atoms with Crippen molar-refractivity contribution in [3.8, 4) is 11.5 Å². The average Bonchev–Trinajstić information content (AvgIpc) is 2.63. The van der Waals surface area contributed by atoms with E-state index in [1.165, 1.54) is 7.11 Å². The van der Waals surface area contributed by atoms with Crippen LogP contribution in [0.4, 0.5) is 0 Å². The first kappa shape index (κ1) is 17.9. The van der Waals surface area contributed by atoms with Gasteiger partial charge >= 0.3 is 5.97 Å². The van der Waals surface area contributed by atoms with E-state index >= 15 is 0 Å². The molecule has 0 amide bonds. The van der Waals surface area contributed by atoms with Crippen molar-refractivity contribution in [2.24, 2.45) is 10.9 Å². The van der Waals surface area contributed by atoms with Crippen molar-refractivity contribution in [1.29, 1.82) is 0 Å². The number of benzene rings is 1. The summed E-state index contributed by atoms with van der Waals surface area (Å²) in [5.41, 5.74) is 0.736. The van der Waals surface area contributed by atoms with E-state index in [9.17, 15) is 9.90 Å². The summed E-state index contributed by atoms with van der Waals surface area (Å²) in [6.45, 7) is 1.92. The summed E-state index contributed by atoms with van der Waals surface area (Å²) < 4.78 is 9.99. The Morgan fingerprint density at radius 3 is 2.67 bits per heavy atom. The van der Waals surface area contributed by atoms with Crippen LogP contribution in [0.3, 0.4) is 0 Å². The molecule has 7 nitrogen and oxygen atoms in total. The summed E-state index contributed by atoms with van der Waals surface area (Å²) in [6, 6.07) is 5.12. The van der Waals surface area contributed by atoms with Crippen molar-refractivity contribution < 1.29 is 19.4 Å². The number of nitrogens with one attached hydrogen (secondary N) is 1. The van der Waals surface area contributed by atoms with E-state index in [0.717, 1.165) is 37.5 Å².